The Kier molecular flexibility index (Phi) is 5.98. The molecule has 1 amide bonds. The number of aromatic nitrogens is 2. The van der Waals surface area contributed by atoms with Crippen LogP contribution in [0.2, 0.25) is 0 Å². The molecular weight excluding hydrogens is 351 g/mol. The van der Waals surface area contributed by atoms with Crippen LogP contribution in [0.4, 0.5) is 4.39 Å². The van der Waals surface area contributed by atoms with Crippen molar-refractivity contribution in [1.82, 2.24) is 20.2 Å². The monoisotopic (exact) mass is 374 g/mol. The van der Waals surface area contributed by atoms with Gasteiger partial charge in [-0.1, -0.05) is 12.1 Å². The van der Waals surface area contributed by atoms with E-state index in [4.69, 9.17) is 9.47 Å². The first kappa shape index (κ1) is 19.2. The number of carbonyl (C=O) groups is 1. The fourth-order valence-corrected chi connectivity index (χ4v) is 3.14. The number of ether oxygens (including phenoxy) is 2. The molecule has 1 aromatic carbocycles. The Hall–Kier alpha value is -2.58. The maximum absolute atomic E-state index is 13.4. The van der Waals surface area contributed by atoms with Crippen molar-refractivity contribution in [1.29, 1.82) is 0 Å². The van der Waals surface area contributed by atoms with Gasteiger partial charge in [0, 0.05) is 30.8 Å². The molecule has 0 saturated carbocycles. The van der Waals surface area contributed by atoms with Crippen molar-refractivity contribution in [2.75, 3.05) is 33.9 Å². The SMILES string of the molecule is CCO[C@H]1CN(C)C[C@@H]1NC(=O)c1ccc(-c2ncc(F)c(OC)n2)cc1. The molecule has 1 aliphatic rings. The summed E-state index contributed by atoms with van der Waals surface area (Å²) in [6.45, 7) is 4.10. The third-order valence-electron chi connectivity index (χ3n) is 4.46. The highest BCUT2D eigenvalue weighted by molar-refractivity contribution is 5.94. The second-order valence-corrected chi connectivity index (χ2v) is 6.42. The fourth-order valence-electron chi connectivity index (χ4n) is 3.14. The number of likely N-dealkylation sites (tertiary alicyclic amines) is 1. The largest absolute Gasteiger partial charge is 0.479 e. The van der Waals surface area contributed by atoms with Gasteiger partial charge < -0.3 is 19.7 Å². The van der Waals surface area contributed by atoms with Crippen LogP contribution in [0.1, 0.15) is 17.3 Å². The van der Waals surface area contributed by atoms with Gasteiger partial charge in [-0.3, -0.25) is 4.79 Å². The number of carbonyl (C=O) groups excluding carboxylic acids is 1. The predicted molar refractivity (Wildman–Crippen MR) is 98.1 cm³/mol. The number of benzene rings is 1. The highest BCUT2D eigenvalue weighted by atomic mass is 19.1. The van der Waals surface area contributed by atoms with E-state index in [1.54, 1.807) is 24.3 Å². The van der Waals surface area contributed by atoms with E-state index in [-0.39, 0.29) is 23.9 Å². The van der Waals surface area contributed by atoms with Crippen LogP contribution < -0.4 is 10.1 Å². The predicted octanol–water partition coefficient (Wildman–Crippen LogP) is 1.74. The van der Waals surface area contributed by atoms with Crippen molar-refractivity contribution in [3.05, 3.63) is 41.8 Å². The molecule has 0 bridgehead atoms. The molecule has 0 unspecified atom stereocenters. The summed E-state index contributed by atoms with van der Waals surface area (Å²) in [4.78, 5) is 22.7. The van der Waals surface area contributed by atoms with Crippen LogP contribution >= 0.6 is 0 Å². The molecule has 0 aliphatic carbocycles. The molecule has 2 aromatic rings. The molecule has 8 heteroatoms. The number of halogens is 1. The third-order valence-corrected chi connectivity index (χ3v) is 4.46. The number of hydrogen-bond acceptors (Lipinski definition) is 6. The Balaban J connectivity index is 1.70. The van der Waals surface area contributed by atoms with Gasteiger partial charge in [0.15, 0.2) is 5.82 Å². The molecule has 0 spiro atoms. The molecule has 1 saturated heterocycles. The molecule has 7 nitrogen and oxygen atoms in total. The zero-order chi connectivity index (χ0) is 19.4. The number of rotatable bonds is 6. The van der Waals surface area contributed by atoms with E-state index in [1.165, 1.54) is 7.11 Å². The van der Waals surface area contributed by atoms with E-state index in [1.807, 2.05) is 14.0 Å². The van der Waals surface area contributed by atoms with Gasteiger partial charge in [-0.15, -0.1) is 0 Å². The lowest BCUT2D eigenvalue weighted by molar-refractivity contribution is 0.0513. The number of nitrogens with one attached hydrogen (secondary N) is 1. The van der Waals surface area contributed by atoms with E-state index in [0.29, 0.717) is 23.6 Å². The second-order valence-electron chi connectivity index (χ2n) is 6.42. The summed E-state index contributed by atoms with van der Waals surface area (Å²) in [6.07, 6.45) is 1.05. The van der Waals surface area contributed by atoms with Gasteiger partial charge in [-0.2, -0.15) is 9.37 Å². The molecule has 1 N–H and O–H groups in total. The van der Waals surface area contributed by atoms with Crippen LogP contribution in [0.15, 0.2) is 30.5 Å². The minimum Gasteiger partial charge on any atom is -0.479 e. The average Bonchev–Trinajstić information content (AvgIpc) is 3.01. The first-order valence-electron chi connectivity index (χ1n) is 8.79. The van der Waals surface area contributed by atoms with E-state index in [2.05, 4.69) is 20.2 Å². The fraction of sp³-hybridized carbons (Fsp3) is 0.421. The van der Waals surface area contributed by atoms with Crippen LogP contribution in [0.25, 0.3) is 11.4 Å². The minimum absolute atomic E-state index is 0.0108. The molecule has 2 atom stereocenters. The molecule has 1 aliphatic heterocycles. The summed E-state index contributed by atoms with van der Waals surface area (Å²) in [7, 11) is 3.35. The van der Waals surface area contributed by atoms with Gasteiger partial charge in [0.25, 0.3) is 11.8 Å². The molecule has 3 rings (SSSR count). The number of amides is 1. The molecule has 2 heterocycles. The van der Waals surface area contributed by atoms with Gasteiger partial charge >= 0.3 is 0 Å². The summed E-state index contributed by atoms with van der Waals surface area (Å²) in [5.41, 5.74) is 1.19. The van der Waals surface area contributed by atoms with Gasteiger partial charge in [0.2, 0.25) is 5.82 Å². The van der Waals surface area contributed by atoms with E-state index in [9.17, 15) is 9.18 Å². The second kappa shape index (κ2) is 8.41. The van der Waals surface area contributed by atoms with Crippen LogP contribution in [-0.2, 0) is 4.74 Å². The Bertz CT molecular complexity index is 800. The zero-order valence-corrected chi connectivity index (χ0v) is 15.6. The molecule has 27 heavy (non-hydrogen) atoms. The Morgan fingerprint density at radius 3 is 2.74 bits per heavy atom. The van der Waals surface area contributed by atoms with Crippen molar-refractivity contribution in [2.45, 2.75) is 19.1 Å². The lowest BCUT2D eigenvalue weighted by Gasteiger charge is -2.19. The highest BCUT2D eigenvalue weighted by Crippen LogP contribution is 2.20. The molecule has 1 fully saturated rings. The number of likely N-dealkylation sites (N-methyl/N-ethyl adjacent to an activating group) is 1. The summed E-state index contributed by atoms with van der Waals surface area (Å²) >= 11 is 0. The van der Waals surface area contributed by atoms with Crippen LogP contribution in [0.3, 0.4) is 0 Å². The quantitative estimate of drug-likeness (QED) is 0.830. The van der Waals surface area contributed by atoms with Crippen molar-refractivity contribution in [2.24, 2.45) is 0 Å². The number of nitrogens with zero attached hydrogens (tertiary/aromatic N) is 3. The summed E-state index contributed by atoms with van der Waals surface area (Å²) in [5, 5.41) is 3.04. The molecule has 0 radical (unpaired) electrons. The average molecular weight is 374 g/mol. The zero-order valence-electron chi connectivity index (χ0n) is 15.6. The van der Waals surface area contributed by atoms with E-state index in [0.717, 1.165) is 19.3 Å². The number of hydrogen-bond donors (Lipinski definition) is 1. The van der Waals surface area contributed by atoms with Crippen LogP contribution in [0.5, 0.6) is 5.88 Å². The van der Waals surface area contributed by atoms with Gasteiger partial charge in [-0.25, -0.2) is 4.98 Å². The number of methoxy groups -OCH3 is 1. The van der Waals surface area contributed by atoms with Gasteiger partial charge in [-0.05, 0) is 26.1 Å². The lowest BCUT2D eigenvalue weighted by atomic mass is 10.1. The van der Waals surface area contributed by atoms with Crippen molar-refractivity contribution in [3.8, 4) is 17.3 Å². The first-order valence-corrected chi connectivity index (χ1v) is 8.79. The van der Waals surface area contributed by atoms with Crippen LogP contribution in [-0.4, -0.2) is 66.8 Å². The minimum atomic E-state index is -0.623. The molecule has 144 valence electrons. The van der Waals surface area contributed by atoms with Crippen molar-refractivity contribution in [3.63, 3.8) is 0 Å². The first-order chi connectivity index (χ1) is 13.0. The summed E-state index contributed by atoms with van der Waals surface area (Å²) < 4.78 is 24.0. The Morgan fingerprint density at radius 2 is 2.07 bits per heavy atom. The van der Waals surface area contributed by atoms with Gasteiger partial charge in [0.05, 0.1) is 25.5 Å². The molecular formula is C19H23FN4O3. The smallest absolute Gasteiger partial charge is 0.253 e. The lowest BCUT2D eigenvalue weighted by Crippen LogP contribution is -2.43. The summed E-state index contributed by atoms with van der Waals surface area (Å²) in [5.74, 6) is -0.574. The normalized spacial score (nSPS) is 19.9. The maximum Gasteiger partial charge on any atom is 0.253 e. The topological polar surface area (TPSA) is 76.6 Å². The Labute approximate surface area is 157 Å². The highest BCUT2D eigenvalue weighted by Gasteiger charge is 2.32. The van der Waals surface area contributed by atoms with Gasteiger partial charge in [0.1, 0.15) is 0 Å². The van der Waals surface area contributed by atoms with Crippen molar-refractivity contribution < 1.29 is 18.7 Å². The summed E-state index contributed by atoms with van der Waals surface area (Å²) in [6, 6.07) is 6.79. The van der Waals surface area contributed by atoms with E-state index >= 15 is 0 Å². The van der Waals surface area contributed by atoms with Crippen LogP contribution in [0, 0.1) is 5.82 Å². The Morgan fingerprint density at radius 1 is 1.33 bits per heavy atom. The van der Waals surface area contributed by atoms with E-state index < -0.39 is 5.82 Å². The third kappa shape index (κ3) is 4.40. The van der Waals surface area contributed by atoms with Crippen molar-refractivity contribution >= 4 is 5.91 Å². The standard InChI is InChI=1S/C19H23FN4O3/c1-4-27-16-11-24(2)10-15(16)22-18(25)13-7-5-12(6-8-13)17-21-9-14(20)19(23-17)26-3/h5-9,15-16H,4,10-11H2,1-3H3,(H,22,25)/t15-,16-/m0/s1. The molecule has 1 aromatic heterocycles. The maximum atomic E-state index is 13.4.